The zero-order chi connectivity index (χ0) is 13.1. The van der Waals surface area contributed by atoms with E-state index in [2.05, 4.69) is 0 Å². The number of carboxylic acids is 1. The predicted molar refractivity (Wildman–Crippen MR) is 63.9 cm³/mol. The van der Waals surface area contributed by atoms with Gasteiger partial charge in [0, 0.05) is 13.1 Å². The Morgan fingerprint density at radius 3 is 2.67 bits per heavy atom. The van der Waals surface area contributed by atoms with Crippen LogP contribution in [-0.4, -0.2) is 53.2 Å². The molecule has 2 aliphatic rings. The van der Waals surface area contributed by atoms with Crippen LogP contribution in [0.4, 0.5) is 0 Å². The molecule has 2 unspecified atom stereocenters. The predicted octanol–water partition coefficient (Wildman–Crippen LogP) is -0.0416. The Morgan fingerprint density at radius 2 is 2.06 bits per heavy atom. The van der Waals surface area contributed by atoms with Crippen LogP contribution in [0.2, 0.25) is 0 Å². The van der Waals surface area contributed by atoms with Crippen LogP contribution < -0.4 is 5.73 Å². The number of carbonyl (C=O) groups excluding carboxylic acids is 1. The molecule has 3 N–H and O–H groups in total. The number of nitrogens with two attached hydrogens (primary N) is 1. The van der Waals surface area contributed by atoms with E-state index in [-0.39, 0.29) is 12.0 Å². The van der Waals surface area contributed by atoms with E-state index in [0.29, 0.717) is 25.9 Å². The molecule has 0 saturated carbocycles. The van der Waals surface area contributed by atoms with Gasteiger partial charge >= 0.3 is 5.97 Å². The first-order chi connectivity index (χ1) is 8.63. The van der Waals surface area contributed by atoms with Crippen molar-refractivity contribution in [3.05, 3.63) is 0 Å². The van der Waals surface area contributed by atoms with E-state index < -0.39 is 18.1 Å². The van der Waals surface area contributed by atoms with E-state index in [1.165, 1.54) is 4.90 Å². The normalized spacial score (nSPS) is 32.5. The highest BCUT2D eigenvalue weighted by Crippen LogP contribution is 2.24. The fourth-order valence-corrected chi connectivity index (χ4v) is 2.70. The quantitative estimate of drug-likeness (QED) is 0.739. The summed E-state index contributed by atoms with van der Waals surface area (Å²) in [6.07, 6.45) is 3.11. The van der Waals surface area contributed by atoms with E-state index in [0.717, 1.165) is 19.3 Å². The van der Waals surface area contributed by atoms with E-state index in [9.17, 15) is 9.59 Å². The van der Waals surface area contributed by atoms with Gasteiger partial charge in [-0.15, -0.1) is 0 Å². The number of rotatable bonds is 3. The van der Waals surface area contributed by atoms with Gasteiger partial charge in [-0.1, -0.05) is 0 Å². The van der Waals surface area contributed by atoms with Crippen LogP contribution in [0.5, 0.6) is 0 Å². The van der Waals surface area contributed by atoms with Crippen molar-refractivity contribution in [2.75, 3.05) is 13.1 Å². The molecular weight excluding hydrogens is 236 g/mol. The van der Waals surface area contributed by atoms with Crippen molar-refractivity contribution in [3.8, 4) is 0 Å². The van der Waals surface area contributed by atoms with Crippen LogP contribution in [0.1, 0.15) is 32.1 Å². The largest absolute Gasteiger partial charge is 0.480 e. The van der Waals surface area contributed by atoms with Crippen LogP contribution in [0.3, 0.4) is 0 Å². The Hall–Kier alpha value is -1.14. The van der Waals surface area contributed by atoms with Crippen molar-refractivity contribution >= 4 is 11.9 Å². The van der Waals surface area contributed by atoms with Crippen molar-refractivity contribution < 1.29 is 19.4 Å². The Morgan fingerprint density at radius 1 is 1.28 bits per heavy atom. The highest BCUT2D eigenvalue weighted by Gasteiger charge is 2.38. The molecule has 6 heteroatoms. The van der Waals surface area contributed by atoms with Crippen molar-refractivity contribution in [2.45, 2.75) is 50.4 Å². The lowest BCUT2D eigenvalue weighted by Crippen LogP contribution is -2.51. The molecule has 0 aromatic carbocycles. The maximum absolute atomic E-state index is 12.3. The SMILES string of the molecule is NCC1CCC(C(=O)N2CCCC[C@H]2C(=O)O)O1. The molecule has 0 radical (unpaired) electrons. The van der Waals surface area contributed by atoms with Gasteiger partial charge < -0.3 is 20.5 Å². The van der Waals surface area contributed by atoms with Gasteiger partial charge in [-0.2, -0.15) is 0 Å². The summed E-state index contributed by atoms with van der Waals surface area (Å²) in [6.45, 7) is 0.926. The van der Waals surface area contributed by atoms with Crippen molar-refractivity contribution in [1.29, 1.82) is 0 Å². The highest BCUT2D eigenvalue weighted by atomic mass is 16.5. The number of piperidine rings is 1. The Kier molecular flexibility index (Phi) is 4.19. The van der Waals surface area contributed by atoms with Crippen LogP contribution in [0, 0.1) is 0 Å². The molecule has 1 amide bonds. The lowest BCUT2D eigenvalue weighted by molar-refractivity contribution is -0.157. The van der Waals surface area contributed by atoms with Crippen LogP contribution in [0.15, 0.2) is 0 Å². The van der Waals surface area contributed by atoms with E-state index in [1.54, 1.807) is 0 Å². The summed E-state index contributed by atoms with van der Waals surface area (Å²) in [5, 5.41) is 9.14. The number of carbonyl (C=O) groups is 2. The molecule has 0 aromatic rings. The summed E-state index contributed by atoms with van der Waals surface area (Å²) in [5.74, 6) is -1.10. The standard InChI is InChI=1S/C12H20N2O4/c13-7-8-4-5-10(18-8)11(15)14-6-2-1-3-9(14)12(16)17/h8-10H,1-7,13H2,(H,16,17)/t8?,9-,10?/m0/s1. The Labute approximate surface area is 106 Å². The molecule has 6 nitrogen and oxygen atoms in total. The van der Waals surface area contributed by atoms with Gasteiger partial charge in [-0.05, 0) is 32.1 Å². The monoisotopic (exact) mass is 256 g/mol. The van der Waals surface area contributed by atoms with Crippen LogP contribution in [-0.2, 0) is 14.3 Å². The summed E-state index contributed by atoms with van der Waals surface area (Å²) in [7, 11) is 0. The number of amides is 1. The first-order valence-corrected chi connectivity index (χ1v) is 6.52. The molecule has 102 valence electrons. The molecule has 0 aliphatic carbocycles. The first kappa shape index (κ1) is 13.3. The average Bonchev–Trinajstić information content (AvgIpc) is 2.86. The second-order valence-corrected chi connectivity index (χ2v) is 4.94. The molecule has 2 fully saturated rings. The molecule has 18 heavy (non-hydrogen) atoms. The summed E-state index contributed by atoms with van der Waals surface area (Å²) >= 11 is 0. The number of aliphatic carboxylic acids is 1. The Bertz CT molecular complexity index is 334. The average molecular weight is 256 g/mol. The van der Waals surface area contributed by atoms with Gasteiger partial charge in [-0.25, -0.2) is 4.79 Å². The van der Waals surface area contributed by atoms with Gasteiger partial charge in [0.1, 0.15) is 12.1 Å². The first-order valence-electron chi connectivity index (χ1n) is 6.52. The van der Waals surface area contributed by atoms with Gasteiger partial charge in [0.05, 0.1) is 6.10 Å². The molecule has 2 aliphatic heterocycles. The zero-order valence-electron chi connectivity index (χ0n) is 10.4. The van der Waals surface area contributed by atoms with E-state index >= 15 is 0 Å². The minimum Gasteiger partial charge on any atom is -0.480 e. The molecule has 0 bridgehead atoms. The van der Waals surface area contributed by atoms with E-state index in [4.69, 9.17) is 15.6 Å². The van der Waals surface area contributed by atoms with Crippen molar-refractivity contribution in [2.24, 2.45) is 5.73 Å². The minimum absolute atomic E-state index is 0.0629. The summed E-state index contributed by atoms with van der Waals surface area (Å²) in [4.78, 5) is 24.9. The summed E-state index contributed by atoms with van der Waals surface area (Å²) in [6, 6.07) is -0.688. The second kappa shape index (κ2) is 5.67. The molecule has 3 atom stereocenters. The summed E-state index contributed by atoms with van der Waals surface area (Å²) < 4.78 is 5.54. The topological polar surface area (TPSA) is 92.9 Å². The van der Waals surface area contributed by atoms with Crippen molar-refractivity contribution in [1.82, 2.24) is 4.90 Å². The minimum atomic E-state index is -0.920. The number of likely N-dealkylation sites (tertiary alicyclic amines) is 1. The van der Waals surface area contributed by atoms with Gasteiger partial charge in [-0.3, -0.25) is 4.79 Å². The number of hydrogen-bond acceptors (Lipinski definition) is 4. The summed E-state index contributed by atoms with van der Waals surface area (Å²) in [5.41, 5.74) is 5.51. The number of nitrogens with zero attached hydrogens (tertiary/aromatic N) is 1. The third-order valence-electron chi connectivity index (χ3n) is 3.72. The number of carboxylic acid groups (broad SMARTS) is 1. The lowest BCUT2D eigenvalue weighted by Gasteiger charge is -2.34. The molecule has 2 rings (SSSR count). The molecular formula is C12H20N2O4. The highest BCUT2D eigenvalue weighted by molar-refractivity contribution is 5.86. The maximum atomic E-state index is 12.3. The van der Waals surface area contributed by atoms with Gasteiger partial charge in [0.25, 0.3) is 5.91 Å². The number of hydrogen-bond donors (Lipinski definition) is 2. The van der Waals surface area contributed by atoms with Gasteiger partial charge in [0.2, 0.25) is 0 Å². The smallest absolute Gasteiger partial charge is 0.326 e. The molecule has 2 heterocycles. The number of ether oxygens (including phenoxy) is 1. The van der Waals surface area contributed by atoms with E-state index in [1.807, 2.05) is 0 Å². The van der Waals surface area contributed by atoms with Crippen LogP contribution >= 0.6 is 0 Å². The molecule has 0 aromatic heterocycles. The molecule has 0 spiro atoms. The third-order valence-corrected chi connectivity index (χ3v) is 3.72. The molecule has 2 saturated heterocycles. The fourth-order valence-electron chi connectivity index (χ4n) is 2.70. The lowest BCUT2D eigenvalue weighted by atomic mass is 10.0. The maximum Gasteiger partial charge on any atom is 0.326 e. The second-order valence-electron chi connectivity index (χ2n) is 4.94. The van der Waals surface area contributed by atoms with Gasteiger partial charge in [0.15, 0.2) is 0 Å². The Balaban J connectivity index is 2.00. The zero-order valence-corrected chi connectivity index (χ0v) is 10.4. The fraction of sp³-hybridized carbons (Fsp3) is 0.833. The van der Waals surface area contributed by atoms with Crippen molar-refractivity contribution in [3.63, 3.8) is 0 Å². The third kappa shape index (κ3) is 2.64. The van der Waals surface area contributed by atoms with Crippen LogP contribution in [0.25, 0.3) is 0 Å².